The van der Waals surface area contributed by atoms with Crippen molar-refractivity contribution in [1.29, 1.82) is 0 Å². The summed E-state index contributed by atoms with van der Waals surface area (Å²) in [6.45, 7) is 4.27. The lowest BCUT2D eigenvalue weighted by Crippen LogP contribution is -2.36. The maximum atomic E-state index is 6.10. The largest absolute Gasteiger partial charge is 0.495 e. The third-order valence-corrected chi connectivity index (χ3v) is 4.62. The lowest BCUT2D eigenvalue weighted by molar-refractivity contribution is 0.187. The molecule has 2 unspecified atom stereocenters. The molecule has 1 aromatic heterocycles. The highest BCUT2D eigenvalue weighted by Crippen LogP contribution is 2.58. The summed E-state index contributed by atoms with van der Waals surface area (Å²) in [6.07, 6.45) is 3.08. The SMILES string of the molecule is Cn1ccc2c(B3OC4(C)CC4(C)O3)cccc21. The van der Waals surface area contributed by atoms with Gasteiger partial charge in [-0.1, -0.05) is 12.1 Å². The van der Waals surface area contributed by atoms with E-state index in [1.165, 1.54) is 10.9 Å². The van der Waals surface area contributed by atoms with Gasteiger partial charge in [-0.05, 0) is 36.8 Å². The molecule has 1 aliphatic heterocycles. The summed E-state index contributed by atoms with van der Waals surface area (Å²) in [5, 5.41) is 1.22. The van der Waals surface area contributed by atoms with Crippen molar-refractivity contribution in [3.8, 4) is 0 Å². The zero-order valence-corrected chi connectivity index (χ0v) is 10.9. The van der Waals surface area contributed by atoms with Gasteiger partial charge in [0.05, 0.1) is 11.2 Å². The highest BCUT2D eigenvalue weighted by Gasteiger charge is 2.71. The third-order valence-electron chi connectivity index (χ3n) is 4.62. The number of benzene rings is 1. The van der Waals surface area contributed by atoms with Gasteiger partial charge in [0.25, 0.3) is 0 Å². The molecule has 0 spiro atoms. The fourth-order valence-electron chi connectivity index (χ4n) is 3.09. The van der Waals surface area contributed by atoms with Gasteiger partial charge in [-0.3, -0.25) is 0 Å². The fraction of sp³-hybridized carbons (Fsp3) is 0.429. The van der Waals surface area contributed by atoms with Crippen molar-refractivity contribution in [3.63, 3.8) is 0 Å². The molecule has 0 radical (unpaired) electrons. The Labute approximate surface area is 107 Å². The zero-order chi connectivity index (χ0) is 12.5. The van der Waals surface area contributed by atoms with Crippen LogP contribution >= 0.6 is 0 Å². The lowest BCUT2D eigenvalue weighted by Gasteiger charge is -2.12. The monoisotopic (exact) mass is 241 g/mol. The van der Waals surface area contributed by atoms with Crippen molar-refractivity contribution < 1.29 is 9.31 Å². The van der Waals surface area contributed by atoms with Gasteiger partial charge in [0.2, 0.25) is 0 Å². The second-order valence-electron chi connectivity index (χ2n) is 5.91. The Bertz CT molecular complexity index is 636. The van der Waals surface area contributed by atoms with Crippen molar-refractivity contribution in [3.05, 3.63) is 30.5 Å². The van der Waals surface area contributed by atoms with Crippen molar-refractivity contribution >= 4 is 23.5 Å². The second kappa shape index (κ2) is 3.01. The van der Waals surface area contributed by atoms with Gasteiger partial charge < -0.3 is 13.9 Å². The topological polar surface area (TPSA) is 23.4 Å². The fourth-order valence-corrected chi connectivity index (χ4v) is 3.09. The number of hydrogen-bond acceptors (Lipinski definition) is 2. The molecule has 4 rings (SSSR count). The van der Waals surface area contributed by atoms with E-state index >= 15 is 0 Å². The van der Waals surface area contributed by atoms with Crippen molar-refractivity contribution in [2.75, 3.05) is 0 Å². The van der Waals surface area contributed by atoms with Crippen LogP contribution in [-0.2, 0) is 16.4 Å². The number of aromatic nitrogens is 1. The highest BCUT2D eigenvalue weighted by atomic mass is 16.7. The Balaban J connectivity index is 1.80. The van der Waals surface area contributed by atoms with E-state index in [0.29, 0.717) is 0 Å². The van der Waals surface area contributed by atoms with E-state index in [2.05, 4.69) is 55.9 Å². The molecule has 1 saturated carbocycles. The van der Waals surface area contributed by atoms with Gasteiger partial charge in [-0.15, -0.1) is 0 Å². The maximum Gasteiger partial charge on any atom is 0.495 e. The molecule has 92 valence electrons. The van der Waals surface area contributed by atoms with Gasteiger partial charge in [-0.25, -0.2) is 0 Å². The van der Waals surface area contributed by atoms with Crippen LogP contribution < -0.4 is 5.46 Å². The average molecular weight is 241 g/mol. The summed E-state index contributed by atoms with van der Waals surface area (Å²) in [4.78, 5) is 0. The Morgan fingerprint density at radius 1 is 1.17 bits per heavy atom. The molecule has 1 aliphatic carbocycles. The van der Waals surface area contributed by atoms with Crippen LogP contribution in [-0.4, -0.2) is 22.9 Å². The zero-order valence-electron chi connectivity index (χ0n) is 10.9. The minimum absolute atomic E-state index is 0.0887. The van der Waals surface area contributed by atoms with E-state index in [1.807, 2.05) is 0 Å². The Hall–Kier alpha value is -1.26. The van der Waals surface area contributed by atoms with Gasteiger partial charge in [0, 0.05) is 25.2 Å². The summed E-state index contributed by atoms with van der Waals surface area (Å²) < 4.78 is 14.3. The second-order valence-corrected chi connectivity index (χ2v) is 5.91. The molecule has 0 bridgehead atoms. The standard InChI is InChI=1S/C14H16BNO2/c1-13-9-14(13,2)18-15(17-13)11-5-4-6-12-10(11)7-8-16(12)3/h4-8H,9H2,1-3H3. The molecular formula is C14H16BNO2. The summed E-state index contributed by atoms with van der Waals surface area (Å²) in [6, 6.07) is 8.42. The molecule has 2 aliphatic rings. The van der Waals surface area contributed by atoms with Gasteiger partial charge in [-0.2, -0.15) is 0 Å². The first kappa shape index (κ1) is 10.6. The van der Waals surface area contributed by atoms with Crippen LogP contribution in [0.15, 0.2) is 30.5 Å². The number of hydrogen-bond donors (Lipinski definition) is 0. The molecule has 3 nitrogen and oxygen atoms in total. The van der Waals surface area contributed by atoms with E-state index in [-0.39, 0.29) is 18.3 Å². The molecule has 2 atom stereocenters. The summed E-state index contributed by atoms with van der Waals surface area (Å²) in [5.74, 6) is 0. The van der Waals surface area contributed by atoms with Crippen LogP contribution in [0.5, 0.6) is 0 Å². The molecule has 0 amide bonds. The van der Waals surface area contributed by atoms with Crippen molar-refractivity contribution in [1.82, 2.24) is 4.57 Å². The molecular weight excluding hydrogens is 225 g/mol. The maximum absolute atomic E-state index is 6.10. The Morgan fingerprint density at radius 2 is 1.89 bits per heavy atom. The first-order valence-corrected chi connectivity index (χ1v) is 6.42. The minimum atomic E-state index is -0.222. The minimum Gasteiger partial charge on any atom is -0.399 e. The molecule has 1 aromatic carbocycles. The van der Waals surface area contributed by atoms with Crippen LogP contribution in [0, 0.1) is 0 Å². The van der Waals surface area contributed by atoms with Crippen LogP contribution in [0.25, 0.3) is 10.9 Å². The normalized spacial score (nSPS) is 34.1. The molecule has 2 fully saturated rings. The van der Waals surface area contributed by atoms with E-state index < -0.39 is 0 Å². The lowest BCUT2D eigenvalue weighted by atomic mass is 9.77. The quantitative estimate of drug-likeness (QED) is 0.711. The highest BCUT2D eigenvalue weighted by molar-refractivity contribution is 6.65. The number of nitrogens with zero attached hydrogens (tertiary/aromatic N) is 1. The van der Waals surface area contributed by atoms with E-state index in [9.17, 15) is 0 Å². The number of aryl methyl sites for hydroxylation is 1. The Kier molecular flexibility index (Phi) is 1.78. The van der Waals surface area contributed by atoms with Crippen molar-refractivity contribution in [2.24, 2.45) is 7.05 Å². The molecule has 2 aromatic rings. The van der Waals surface area contributed by atoms with Crippen LogP contribution in [0.4, 0.5) is 0 Å². The smallest absolute Gasteiger partial charge is 0.399 e. The third kappa shape index (κ3) is 1.17. The predicted molar refractivity (Wildman–Crippen MR) is 71.9 cm³/mol. The van der Waals surface area contributed by atoms with E-state index in [1.54, 1.807) is 0 Å². The van der Waals surface area contributed by atoms with Crippen LogP contribution in [0.2, 0.25) is 0 Å². The van der Waals surface area contributed by atoms with Crippen LogP contribution in [0.1, 0.15) is 20.3 Å². The Morgan fingerprint density at radius 3 is 2.61 bits per heavy atom. The van der Waals surface area contributed by atoms with Gasteiger partial charge in [0.1, 0.15) is 0 Å². The first-order chi connectivity index (χ1) is 8.52. The average Bonchev–Trinajstić information content (AvgIpc) is 2.61. The molecule has 1 saturated heterocycles. The molecule has 0 N–H and O–H groups in total. The summed E-state index contributed by atoms with van der Waals surface area (Å²) in [7, 11) is 1.84. The predicted octanol–water partition coefficient (Wildman–Crippen LogP) is 1.84. The number of fused-ring (bicyclic) bond motifs is 2. The van der Waals surface area contributed by atoms with Gasteiger partial charge >= 0.3 is 7.12 Å². The van der Waals surface area contributed by atoms with Crippen molar-refractivity contribution in [2.45, 2.75) is 31.5 Å². The molecule has 18 heavy (non-hydrogen) atoms. The van der Waals surface area contributed by atoms with Gasteiger partial charge in [0.15, 0.2) is 0 Å². The van der Waals surface area contributed by atoms with E-state index in [4.69, 9.17) is 9.31 Å². The molecule has 4 heteroatoms. The molecule has 2 heterocycles. The first-order valence-electron chi connectivity index (χ1n) is 6.42. The van der Waals surface area contributed by atoms with Crippen LogP contribution in [0.3, 0.4) is 0 Å². The van der Waals surface area contributed by atoms with E-state index in [0.717, 1.165) is 11.9 Å². The number of rotatable bonds is 1. The summed E-state index contributed by atoms with van der Waals surface area (Å²) >= 11 is 0. The summed E-state index contributed by atoms with van der Waals surface area (Å²) in [5.41, 5.74) is 2.18.